The molecule has 7 nitrogen and oxygen atoms in total. The minimum atomic E-state index is -1.82. The molecule has 0 radical (unpaired) electrons. The van der Waals surface area contributed by atoms with Crippen LogP contribution < -0.4 is 9.47 Å². The highest BCUT2D eigenvalue weighted by atomic mass is 16.5. The van der Waals surface area contributed by atoms with E-state index in [0.29, 0.717) is 6.61 Å². The lowest BCUT2D eigenvalue weighted by Crippen LogP contribution is -2.25. The highest BCUT2D eigenvalue weighted by Crippen LogP contribution is 2.19. The van der Waals surface area contributed by atoms with Gasteiger partial charge in [-0.15, -0.1) is 0 Å². The lowest BCUT2D eigenvalue weighted by atomic mass is 10.3. The van der Waals surface area contributed by atoms with Gasteiger partial charge in [-0.2, -0.15) is 0 Å². The number of rotatable bonds is 9. The monoisotopic (exact) mass is 341 g/mol. The smallest absolute Gasteiger partial charge is 0.414 e. The first-order chi connectivity index (χ1) is 11.4. The second-order valence-corrected chi connectivity index (χ2v) is 4.75. The Labute approximate surface area is 142 Å². The van der Waals surface area contributed by atoms with Crippen molar-refractivity contribution in [2.75, 3.05) is 32.8 Å². The molecule has 0 aromatic heterocycles. The lowest BCUT2D eigenvalue weighted by Gasteiger charge is -2.17. The van der Waals surface area contributed by atoms with Gasteiger partial charge in [-0.1, -0.05) is 19.9 Å². The van der Waals surface area contributed by atoms with Crippen molar-refractivity contribution in [3.63, 3.8) is 0 Å². The average molecular weight is 341 g/mol. The molecule has 0 aliphatic carbocycles. The van der Waals surface area contributed by atoms with Crippen molar-refractivity contribution in [1.29, 1.82) is 0 Å². The highest BCUT2D eigenvalue weighted by Gasteiger charge is 2.04. The number of nitrogens with zero attached hydrogens (tertiary/aromatic N) is 1. The summed E-state index contributed by atoms with van der Waals surface area (Å²) in [5, 5.41) is 14.8. The summed E-state index contributed by atoms with van der Waals surface area (Å²) in [5.74, 6) is -1.88. The molecule has 0 unspecified atom stereocenters. The molecule has 136 valence electrons. The van der Waals surface area contributed by atoms with Gasteiger partial charge in [0.15, 0.2) is 0 Å². The van der Waals surface area contributed by atoms with Gasteiger partial charge in [0.2, 0.25) is 0 Å². The fourth-order valence-electron chi connectivity index (χ4n) is 1.84. The van der Waals surface area contributed by atoms with Crippen LogP contribution in [0.15, 0.2) is 24.3 Å². The zero-order valence-electron chi connectivity index (χ0n) is 14.5. The normalized spacial score (nSPS) is 9.83. The third kappa shape index (κ3) is 10.4. The van der Waals surface area contributed by atoms with E-state index in [1.807, 2.05) is 31.2 Å². The maximum atomic E-state index is 9.10. The molecule has 0 heterocycles. The lowest BCUT2D eigenvalue weighted by molar-refractivity contribution is -0.159. The summed E-state index contributed by atoms with van der Waals surface area (Å²) in [7, 11) is 0. The summed E-state index contributed by atoms with van der Waals surface area (Å²) < 4.78 is 11.2. The Balaban J connectivity index is 0.000000754. The number of benzene rings is 1. The van der Waals surface area contributed by atoms with E-state index in [9.17, 15) is 0 Å². The van der Waals surface area contributed by atoms with Crippen molar-refractivity contribution in [1.82, 2.24) is 4.90 Å². The second-order valence-electron chi connectivity index (χ2n) is 4.75. The quantitative estimate of drug-likeness (QED) is 0.526. The first-order valence-electron chi connectivity index (χ1n) is 7.98. The minimum absolute atomic E-state index is 0.686. The van der Waals surface area contributed by atoms with Gasteiger partial charge in [0.1, 0.15) is 11.5 Å². The molecule has 0 aliphatic rings. The Morgan fingerprint density at radius 1 is 1.00 bits per heavy atom. The van der Waals surface area contributed by atoms with Crippen molar-refractivity contribution in [3.8, 4) is 11.5 Å². The molecule has 0 fully saturated rings. The Morgan fingerprint density at radius 2 is 1.54 bits per heavy atom. The number of carbonyl (C=O) groups is 2. The molecule has 0 amide bonds. The third-order valence-electron chi connectivity index (χ3n) is 3.08. The molecule has 2 N–H and O–H groups in total. The van der Waals surface area contributed by atoms with Crippen LogP contribution in [-0.2, 0) is 9.59 Å². The van der Waals surface area contributed by atoms with Gasteiger partial charge in [0.25, 0.3) is 0 Å². The zero-order valence-corrected chi connectivity index (χ0v) is 14.5. The summed E-state index contributed by atoms with van der Waals surface area (Å²) in [6.45, 7) is 11.1. The number of ether oxygens (including phenoxy) is 2. The molecule has 7 heteroatoms. The van der Waals surface area contributed by atoms with E-state index in [0.717, 1.165) is 44.2 Å². The average Bonchev–Trinajstić information content (AvgIpc) is 2.56. The Bertz CT molecular complexity index is 476. The van der Waals surface area contributed by atoms with Crippen LogP contribution in [0.25, 0.3) is 0 Å². The topological polar surface area (TPSA) is 96.3 Å². The number of hydrogen-bond donors (Lipinski definition) is 2. The Morgan fingerprint density at radius 3 is 2.00 bits per heavy atom. The fraction of sp³-hybridized carbons (Fsp3) is 0.529. The van der Waals surface area contributed by atoms with E-state index in [1.165, 1.54) is 0 Å². The van der Waals surface area contributed by atoms with Gasteiger partial charge in [-0.3, -0.25) is 0 Å². The van der Waals surface area contributed by atoms with Gasteiger partial charge in [-0.05, 0) is 38.6 Å². The van der Waals surface area contributed by atoms with E-state index >= 15 is 0 Å². The van der Waals surface area contributed by atoms with Crippen molar-refractivity contribution < 1.29 is 29.3 Å². The highest BCUT2D eigenvalue weighted by molar-refractivity contribution is 6.27. The fourth-order valence-corrected chi connectivity index (χ4v) is 1.84. The Hall–Kier alpha value is -2.28. The van der Waals surface area contributed by atoms with E-state index in [-0.39, 0.29) is 0 Å². The van der Waals surface area contributed by atoms with E-state index in [4.69, 9.17) is 29.3 Å². The molecule has 1 aromatic carbocycles. The maximum Gasteiger partial charge on any atom is 0.414 e. The first-order valence-corrected chi connectivity index (χ1v) is 7.98. The molecule has 1 aromatic rings. The first kappa shape index (κ1) is 21.7. The van der Waals surface area contributed by atoms with Gasteiger partial charge in [0, 0.05) is 12.6 Å². The van der Waals surface area contributed by atoms with E-state index in [1.54, 1.807) is 0 Å². The molecule has 0 bridgehead atoms. The van der Waals surface area contributed by atoms with Crippen LogP contribution in [0.1, 0.15) is 27.2 Å². The van der Waals surface area contributed by atoms with E-state index in [2.05, 4.69) is 18.7 Å². The van der Waals surface area contributed by atoms with Crippen molar-refractivity contribution in [3.05, 3.63) is 24.3 Å². The molecule has 0 aliphatic heterocycles. The van der Waals surface area contributed by atoms with Crippen LogP contribution >= 0.6 is 0 Å². The molecule has 0 atom stereocenters. The van der Waals surface area contributed by atoms with Crippen LogP contribution in [0.2, 0.25) is 0 Å². The van der Waals surface area contributed by atoms with Crippen LogP contribution in [0.3, 0.4) is 0 Å². The van der Waals surface area contributed by atoms with Crippen LogP contribution in [0, 0.1) is 0 Å². The van der Waals surface area contributed by atoms with Gasteiger partial charge in [-0.25, -0.2) is 9.59 Å². The zero-order chi connectivity index (χ0) is 18.4. The third-order valence-corrected chi connectivity index (χ3v) is 3.08. The Kier molecular flexibility index (Phi) is 11.9. The van der Waals surface area contributed by atoms with Gasteiger partial charge >= 0.3 is 11.9 Å². The number of hydrogen-bond acceptors (Lipinski definition) is 5. The predicted molar refractivity (Wildman–Crippen MR) is 90.8 cm³/mol. The largest absolute Gasteiger partial charge is 0.494 e. The van der Waals surface area contributed by atoms with Crippen molar-refractivity contribution in [2.45, 2.75) is 27.2 Å². The number of carboxylic acid groups (broad SMARTS) is 2. The number of aliphatic carboxylic acids is 2. The number of carboxylic acids is 2. The summed E-state index contributed by atoms with van der Waals surface area (Å²) >= 11 is 0. The van der Waals surface area contributed by atoms with Crippen molar-refractivity contribution in [2.24, 2.45) is 0 Å². The van der Waals surface area contributed by atoms with Gasteiger partial charge < -0.3 is 24.6 Å². The van der Waals surface area contributed by atoms with E-state index < -0.39 is 11.9 Å². The molecule has 0 spiro atoms. The summed E-state index contributed by atoms with van der Waals surface area (Å²) in [5.41, 5.74) is 0. The van der Waals surface area contributed by atoms with Crippen molar-refractivity contribution >= 4 is 11.9 Å². The van der Waals surface area contributed by atoms with Crippen LogP contribution in [0.5, 0.6) is 11.5 Å². The van der Waals surface area contributed by atoms with Gasteiger partial charge in [0.05, 0.1) is 13.2 Å². The summed E-state index contributed by atoms with van der Waals surface area (Å²) in [4.78, 5) is 20.6. The molecule has 24 heavy (non-hydrogen) atoms. The molecular formula is C17H27NO6. The predicted octanol–water partition coefficient (Wildman–Crippen LogP) is 2.35. The molecule has 0 saturated heterocycles. The summed E-state index contributed by atoms with van der Waals surface area (Å²) in [6.07, 6.45) is 1.06. The standard InChI is InChI=1S/C15H25NO2.C2H2O4/c1-4-16(5-2)11-8-12-18-15-10-7-9-14(13-15)17-6-3;3-1(4)2(5)6/h7,9-10,13H,4-6,8,11-12H2,1-3H3;(H,3,4)(H,5,6). The van der Waals surface area contributed by atoms with Crippen LogP contribution in [-0.4, -0.2) is 59.9 Å². The molecule has 0 saturated carbocycles. The SMILES string of the molecule is CCOc1cccc(OCCCN(CC)CC)c1.O=C(O)C(=O)O. The summed E-state index contributed by atoms with van der Waals surface area (Å²) in [6, 6.07) is 7.83. The maximum absolute atomic E-state index is 9.10. The second kappa shape index (κ2) is 13.2. The molecule has 1 rings (SSSR count). The minimum Gasteiger partial charge on any atom is -0.494 e. The van der Waals surface area contributed by atoms with Crippen LogP contribution in [0.4, 0.5) is 0 Å². The molecular weight excluding hydrogens is 314 g/mol.